The van der Waals surface area contributed by atoms with Crippen LogP contribution in [0.4, 0.5) is 0 Å². The molecule has 0 saturated heterocycles. The highest BCUT2D eigenvalue weighted by Crippen LogP contribution is 2.19. The number of nitrogens with one attached hydrogen (secondary N) is 1. The van der Waals surface area contributed by atoms with Crippen LogP contribution in [0.25, 0.3) is 0 Å². The van der Waals surface area contributed by atoms with Crippen molar-refractivity contribution in [1.29, 1.82) is 0 Å². The summed E-state index contributed by atoms with van der Waals surface area (Å²) in [6, 6.07) is 0.848. The molecule has 1 atom stereocenters. The van der Waals surface area contributed by atoms with Gasteiger partial charge in [0, 0.05) is 19.3 Å². The summed E-state index contributed by atoms with van der Waals surface area (Å²) in [4.78, 5) is 0. The first-order valence-corrected chi connectivity index (χ1v) is 5.68. The Morgan fingerprint density at radius 3 is 2.69 bits per heavy atom. The Labute approximate surface area is 82.0 Å². The highest BCUT2D eigenvalue weighted by atomic mass is 16.5. The van der Waals surface area contributed by atoms with Crippen LogP contribution in [0, 0.1) is 5.92 Å². The number of ether oxygens (including phenoxy) is 1. The maximum atomic E-state index is 5.36. The second kappa shape index (κ2) is 6.39. The summed E-state index contributed by atoms with van der Waals surface area (Å²) in [5, 5.41) is 3.58. The van der Waals surface area contributed by atoms with Gasteiger partial charge in [0.05, 0.1) is 0 Å². The molecule has 2 nitrogen and oxygen atoms in total. The minimum Gasteiger partial charge on any atom is -0.382 e. The third-order valence-electron chi connectivity index (χ3n) is 2.72. The SMILES string of the molecule is CCOCCC(CC)CNC1CC1. The molecule has 0 radical (unpaired) electrons. The Hall–Kier alpha value is -0.0800. The van der Waals surface area contributed by atoms with Crippen LogP contribution in [-0.4, -0.2) is 25.8 Å². The number of hydrogen-bond acceptors (Lipinski definition) is 2. The van der Waals surface area contributed by atoms with Crippen LogP contribution >= 0.6 is 0 Å². The lowest BCUT2D eigenvalue weighted by Crippen LogP contribution is -2.25. The quantitative estimate of drug-likeness (QED) is 0.585. The van der Waals surface area contributed by atoms with Gasteiger partial charge in [-0.1, -0.05) is 13.3 Å². The molecule has 78 valence electrons. The van der Waals surface area contributed by atoms with Crippen LogP contribution in [0.2, 0.25) is 0 Å². The molecule has 0 heterocycles. The van der Waals surface area contributed by atoms with Gasteiger partial charge in [0.25, 0.3) is 0 Å². The highest BCUT2D eigenvalue weighted by molar-refractivity contribution is 4.81. The van der Waals surface area contributed by atoms with Crippen LogP contribution in [0.1, 0.15) is 39.5 Å². The summed E-state index contributed by atoms with van der Waals surface area (Å²) < 4.78 is 5.36. The van der Waals surface area contributed by atoms with Gasteiger partial charge >= 0.3 is 0 Å². The summed E-state index contributed by atoms with van der Waals surface area (Å²) >= 11 is 0. The van der Waals surface area contributed by atoms with Gasteiger partial charge in [0.15, 0.2) is 0 Å². The molecular weight excluding hydrogens is 162 g/mol. The smallest absolute Gasteiger partial charge is 0.0469 e. The number of hydrogen-bond donors (Lipinski definition) is 1. The molecule has 2 heteroatoms. The fourth-order valence-electron chi connectivity index (χ4n) is 1.47. The maximum Gasteiger partial charge on any atom is 0.0469 e. The van der Waals surface area contributed by atoms with E-state index in [9.17, 15) is 0 Å². The average molecular weight is 185 g/mol. The van der Waals surface area contributed by atoms with E-state index in [1.54, 1.807) is 0 Å². The van der Waals surface area contributed by atoms with E-state index in [0.29, 0.717) is 0 Å². The molecule has 1 aliphatic carbocycles. The van der Waals surface area contributed by atoms with Crippen LogP contribution in [0.15, 0.2) is 0 Å². The summed E-state index contributed by atoms with van der Waals surface area (Å²) in [6.45, 7) is 7.30. The Morgan fingerprint density at radius 1 is 1.38 bits per heavy atom. The van der Waals surface area contributed by atoms with E-state index < -0.39 is 0 Å². The van der Waals surface area contributed by atoms with Crippen LogP contribution in [-0.2, 0) is 4.74 Å². The van der Waals surface area contributed by atoms with E-state index in [1.165, 1.54) is 32.2 Å². The lowest BCUT2D eigenvalue weighted by atomic mass is 10.0. The molecule has 0 aromatic carbocycles. The van der Waals surface area contributed by atoms with Gasteiger partial charge in [-0.2, -0.15) is 0 Å². The first-order chi connectivity index (χ1) is 6.36. The second-order valence-electron chi connectivity index (χ2n) is 3.94. The van der Waals surface area contributed by atoms with E-state index >= 15 is 0 Å². The normalized spacial score (nSPS) is 18.9. The summed E-state index contributed by atoms with van der Waals surface area (Å²) in [5.74, 6) is 0.812. The highest BCUT2D eigenvalue weighted by Gasteiger charge is 2.21. The van der Waals surface area contributed by atoms with Crippen molar-refractivity contribution in [2.24, 2.45) is 5.92 Å². The molecule has 1 N–H and O–H groups in total. The van der Waals surface area contributed by atoms with E-state index in [4.69, 9.17) is 4.74 Å². The number of rotatable bonds is 8. The van der Waals surface area contributed by atoms with Crippen LogP contribution in [0.5, 0.6) is 0 Å². The van der Waals surface area contributed by atoms with Crippen molar-refractivity contribution in [2.75, 3.05) is 19.8 Å². The Balaban J connectivity index is 1.95. The van der Waals surface area contributed by atoms with Gasteiger partial charge in [-0.25, -0.2) is 0 Å². The third kappa shape index (κ3) is 5.27. The molecule has 0 bridgehead atoms. The summed E-state index contributed by atoms with van der Waals surface area (Å²) in [7, 11) is 0. The van der Waals surface area contributed by atoms with Crippen LogP contribution in [0.3, 0.4) is 0 Å². The first-order valence-electron chi connectivity index (χ1n) is 5.68. The van der Waals surface area contributed by atoms with E-state index in [-0.39, 0.29) is 0 Å². The average Bonchev–Trinajstić information content (AvgIpc) is 2.94. The molecule has 1 saturated carbocycles. The molecule has 1 fully saturated rings. The van der Waals surface area contributed by atoms with Gasteiger partial charge < -0.3 is 10.1 Å². The second-order valence-corrected chi connectivity index (χ2v) is 3.94. The Bertz CT molecular complexity index is 123. The first kappa shape index (κ1) is 11.0. The molecule has 1 aliphatic rings. The predicted molar refractivity (Wildman–Crippen MR) is 55.9 cm³/mol. The molecule has 1 rings (SSSR count). The molecule has 0 amide bonds. The van der Waals surface area contributed by atoms with Crippen molar-refractivity contribution in [2.45, 2.75) is 45.6 Å². The lowest BCUT2D eigenvalue weighted by Gasteiger charge is -2.15. The van der Waals surface area contributed by atoms with Crippen LogP contribution < -0.4 is 5.32 Å². The molecule has 0 aliphatic heterocycles. The molecule has 1 unspecified atom stereocenters. The monoisotopic (exact) mass is 185 g/mol. The molecule has 0 spiro atoms. The topological polar surface area (TPSA) is 21.3 Å². The fourth-order valence-corrected chi connectivity index (χ4v) is 1.47. The largest absolute Gasteiger partial charge is 0.382 e. The predicted octanol–water partition coefficient (Wildman–Crippen LogP) is 2.19. The molecular formula is C11H23NO. The third-order valence-corrected chi connectivity index (χ3v) is 2.72. The van der Waals surface area contributed by atoms with Crippen molar-refractivity contribution < 1.29 is 4.74 Å². The lowest BCUT2D eigenvalue weighted by molar-refractivity contribution is 0.131. The van der Waals surface area contributed by atoms with Gasteiger partial charge in [0.2, 0.25) is 0 Å². The van der Waals surface area contributed by atoms with E-state index in [1.807, 2.05) is 0 Å². The fraction of sp³-hybridized carbons (Fsp3) is 1.00. The Morgan fingerprint density at radius 2 is 2.15 bits per heavy atom. The summed E-state index contributed by atoms with van der Waals surface area (Å²) in [5.41, 5.74) is 0. The standard InChI is InChI=1S/C11H23NO/c1-3-10(7-8-13-4-2)9-12-11-5-6-11/h10-12H,3-9H2,1-2H3. The van der Waals surface area contributed by atoms with Gasteiger partial charge in [-0.05, 0) is 38.6 Å². The molecule has 0 aromatic rings. The van der Waals surface area contributed by atoms with E-state index in [2.05, 4.69) is 19.2 Å². The maximum absolute atomic E-state index is 5.36. The van der Waals surface area contributed by atoms with Crippen molar-refractivity contribution in [3.8, 4) is 0 Å². The minimum atomic E-state index is 0.812. The van der Waals surface area contributed by atoms with Gasteiger partial charge in [0.1, 0.15) is 0 Å². The van der Waals surface area contributed by atoms with Crippen molar-refractivity contribution in [3.05, 3.63) is 0 Å². The summed E-state index contributed by atoms with van der Waals surface area (Å²) in [6.07, 6.45) is 5.26. The van der Waals surface area contributed by atoms with Gasteiger partial charge in [-0.3, -0.25) is 0 Å². The molecule has 13 heavy (non-hydrogen) atoms. The minimum absolute atomic E-state index is 0.812. The van der Waals surface area contributed by atoms with Crippen molar-refractivity contribution in [3.63, 3.8) is 0 Å². The van der Waals surface area contributed by atoms with E-state index in [0.717, 1.165) is 25.2 Å². The zero-order valence-electron chi connectivity index (χ0n) is 9.01. The molecule has 0 aromatic heterocycles. The zero-order valence-corrected chi connectivity index (χ0v) is 9.01. The van der Waals surface area contributed by atoms with Gasteiger partial charge in [-0.15, -0.1) is 0 Å². The zero-order chi connectivity index (χ0) is 9.52. The van der Waals surface area contributed by atoms with Crippen molar-refractivity contribution in [1.82, 2.24) is 5.32 Å². The Kier molecular flexibility index (Phi) is 5.40. The van der Waals surface area contributed by atoms with Crippen molar-refractivity contribution >= 4 is 0 Å².